The molecule has 0 aliphatic carbocycles. The number of piperazine rings is 1. The van der Waals surface area contributed by atoms with E-state index >= 15 is 4.39 Å². The fraction of sp³-hybridized carbons (Fsp3) is 0.324. The van der Waals surface area contributed by atoms with Gasteiger partial charge in [-0.25, -0.2) is 18.7 Å². The minimum Gasteiger partial charge on any atom is -0.347 e. The Labute approximate surface area is 265 Å². The average molecular weight is 604 g/mol. The number of hydrogen-bond acceptors (Lipinski definition) is 6. The first kappa shape index (κ1) is 31.9. The van der Waals surface area contributed by atoms with E-state index < -0.39 is 11.5 Å². The van der Waals surface area contributed by atoms with Gasteiger partial charge in [-0.05, 0) is 62.9 Å². The Kier molecular flexibility index (Phi) is 8.83. The van der Waals surface area contributed by atoms with Gasteiger partial charge in [-0.15, -0.1) is 5.37 Å². The van der Waals surface area contributed by atoms with Gasteiger partial charge in [-0.1, -0.05) is 50.3 Å². The molecule has 1 aliphatic rings. The highest BCUT2D eigenvalue weighted by Crippen LogP contribution is 2.36. The maximum Gasteiger partial charge on any atom is 0.355 e. The Morgan fingerprint density at radius 1 is 1.11 bits per heavy atom. The molecule has 0 bridgehead atoms. The smallest absolute Gasteiger partial charge is 0.347 e. The third kappa shape index (κ3) is 5.72. The van der Waals surface area contributed by atoms with Gasteiger partial charge in [0.2, 0.25) is 5.91 Å². The zero-order valence-electron chi connectivity index (χ0n) is 27.3. The number of aryl methyl sites for hydroxylation is 1. The number of nitrogens with zero attached hydrogens (tertiary/aromatic N) is 6. The van der Waals surface area contributed by atoms with Crippen molar-refractivity contribution in [1.82, 2.24) is 24.4 Å². The number of halogens is 1. The molecular weight excluding hydrogens is 565 g/mol. The molecule has 0 unspecified atom stereocenters. The van der Waals surface area contributed by atoms with Crippen molar-refractivity contribution in [3.8, 4) is 16.9 Å². The molecule has 11 heteroatoms. The summed E-state index contributed by atoms with van der Waals surface area (Å²) in [6, 6.07) is 10.5. The summed E-state index contributed by atoms with van der Waals surface area (Å²) in [5, 5.41) is 1.52. The van der Waals surface area contributed by atoms with E-state index in [2.05, 4.69) is 16.5 Å². The SMILES string of the molecule is BC(B)=C(C)c1ccccc1-c1nc2c(cc1F)c(N1[C@@H](C)CN(C(=O)C=C)C[C@@H]1C)nc(=O)n2-c1c(C)ccnc1C(C)C. The van der Waals surface area contributed by atoms with E-state index in [-0.39, 0.29) is 29.6 Å². The van der Waals surface area contributed by atoms with Crippen molar-refractivity contribution in [3.63, 3.8) is 0 Å². The zero-order chi connectivity index (χ0) is 32.7. The summed E-state index contributed by atoms with van der Waals surface area (Å²) >= 11 is 0. The summed E-state index contributed by atoms with van der Waals surface area (Å²) in [4.78, 5) is 44.7. The molecule has 1 amide bonds. The standard InChI is InChI=1S/C34H39B2FN6O2/c1-8-27(44)41-16-20(5)42(21(6)17-41)33-25-15-26(37)29(24-12-10-9-11-23(24)22(7)31(35)36)39-32(25)43(34(45)40-33)30-19(4)13-14-38-28(30)18(2)3/h8-15,18,20-21H,1,16-17,35-36H2,2-7H3/t20-,21-/m0/s1. The van der Waals surface area contributed by atoms with Crippen LogP contribution < -0.4 is 10.6 Å². The van der Waals surface area contributed by atoms with E-state index in [1.807, 2.05) is 92.5 Å². The number of carbonyl (C=O) groups is 1. The number of amides is 1. The highest BCUT2D eigenvalue weighted by molar-refractivity contribution is 6.51. The van der Waals surface area contributed by atoms with Gasteiger partial charge in [0.1, 0.15) is 33.0 Å². The molecule has 0 spiro atoms. The van der Waals surface area contributed by atoms with E-state index in [4.69, 9.17) is 4.98 Å². The van der Waals surface area contributed by atoms with Crippen LogP contribution in [0.1, 0.15) is 57.4 Å². The van der Waals surface area contributed by atoms with E-state index in [1.54, 1.807) is 11.1 Å². The molecule has 45 heavy (non-hydrogen) atoms. The lowest BCUT2D eigenvalue weighted by molar-refractivity contribution is -0.127. The Morgan fingerprint density at radius 2 is 1.78 bits per heavy atom. The first-order valence-electron chi connectivity index (χ1n) is 15.4. The lowest BCUT2D eigenvalue weighted by Crippen LogP contribution is -2.58. The van der Waals surface area contributed by atoms with Gasteiger partial charge in [0.05, 0.1) is 16.8 Å². The molecule has 1 aromatic carbocycles. The summed E-state index contributed by atoms with van der Waals surface area (Å²) in [6.07, 6.45) is 3.04. The predicted molar refractivity (Wildman–Crippen MR) is 185 cm³/mol. The van der Waals surface area contributed by atoms with Crippen molar-refractivity contribution in [2.45, 2.75) is 59.5 Å². The van der Waals surface area contributed by atoms with Crippen LogP contribution in [0.2, 0.25) is 0 Å². The molecule has 1 saturated heterocycles. The quantitative estimate of drug-likeness (QED) is 0.245. The lowest BCUT2D eigenvalue weighted by atomic mass is 9.73. The van der Waals surface area contributed by atoms with Gasteiger partial charge >= 0.3 is 5.69 Å². The maximum absolute atomic E-state index is 16.4. The third-order valence-corrected chi connectivity index (χ3v) is 8.71. The third-order valence-electron chi connectivity index (χ3n) is 8.71. The number of fused-ring (bicyclic) bond motifs is 1. The number of anilines is 1. The summed E-state index contributed by atoms with van der Waals surface area (Å²) in [5.74, 6) is -0.329. The fourth-order valence-corrected chi connectivity index (χ4v) is 6.31. The van der Waals surface area contributed by atoms with E-state index in [0.717, 1.165) is 27.8 Å². The highest BCUT2D eigenvalue weighted by Gasteiger charge is 2.34. The molecule has 2 atom stereocenters. The van der Waals surface area contributed by atoms with Gasteiger partial charge in [0.15, 0.2) is 5.65 Å². The maximum atomic E-state index is 16.4. The van der Waals surface area contributed by atoms with Crippen molar-refractivity contribution in [2.75, 3.05) is 18.0 Å². The number of rotatable bonds is 6. The number of carbonyl (C=O) groups excluding carboxylic acids is 1. The number of allylic oxidation sites excluding steroid dienone is 1. The van der Waals surface area contributed by atoms with Crippen molar-refractivity contribution >= 4 is 44.0 Å². The van der Waals surface area contributed by atoms with Gasteiger partial charge in [0, 0.05) is 36.9 Å². The summed E-state index contributed by atoms with van der Waals surface area (Å²) in [7, 11) is 4.05. The molecule has 230 valence electrons. The van der Waals surface area contributed by atoms with Gasteiger partial charge in [0.25, 0.3) is 0 Å². The minimum absolute atomic E-state index is 0.00185. The summed E-state index contributed by atoms with van der Waals surface area (Å²) in [6.45, 7) is 16.4. The Bertz CT molecular complexity index is 1910. The minimum atomic E-state index is -0.529. The van der Waals surface area contributed by atoms with E-state index in [9.17, 15) is 9.59 Å². The van der Waals surface area contributed by atoms with Gasteiger partial charge in [-0.3, -0.25) is 9.78 Å². The normalized spacial score (nSPS) is 16.7. The van der Waals surface area contributed by atoms with Crippen molar-refractivity contribution in [1.29, 1.82) is 0 Å². The Hall–Kier alpha value is -4.53. The van der Waals surface area contributed by atoms with Gasteiger partial charge in [-0.2, -0.15) is 4.98 Å². The highest BCUT2D eigenvalue weighted by atomic mass is 19.1. The van der Waals surface area contributed by atoms with Crippen LogP contribution >= 0.6 is 0 Å². The van der Waals surface area contributed by atoms with Crippen LogP contribution in [-0.2, 0) is 4.79 Å². The zero-order valence-corrected chi connectivity index (χ0v) is 27.3. The molecule has 5 rings (SSSR count). The number of hydrogen-bond donors (Lipinski definition) is 0. The van der Waals surface area contributed by atoms with E-state index in [1.165, 1.54) is 16.7 Å². The number of aromatic nitrogens is 4. The Balaban J connectivity index is 1.87. The van der Waals surface area contributed by atoms with Crippen molar-refractivity contribution < 1.29 is 9.18 Å². The molecule has 0 saturated carbocycles. The second kappa shape index (κ2) is 12.5. The second-order valence-electron chi connectivity index (χ2n) is 12.5. The molecule has 8 nitrogen and oxygen atoms in total. The average Bonchev–Trinajstić information content (AvgIpc) is 3.00. The second-order valence-corrected chi connectivity index (χ2v) is 12.5. The summed E-state index contributed by atoms with van der Waals surface area (Å²) in [5.41, 5.74) is 4.61. The van der Waals surface area contributed by atoms with Crippen molar-refractivity contribution in [2.24, 2.45) is 0 Å². The van der Waals surface area contributed by atoms with Gasteiger partial charge < -0.3 is 9.80 Å². The molecule has 0 radical (unpaired) electrons. The van der Waals surface area contributed by atoms with Crippen LogP contribution in [0.5, 0.6) is 0 Å². The topological polar surface area (TPSA) is 84.2 Å². The molecule has 1 aliphatic heterocycles. The molecular formula is C34H39B2FN6O2. The molecule has 3 aromatic heterocycles. The van der Waals surface area contributed by atoms with Crippen molar-refractivity contribution in [3.05, 3.63) is 93.7 Å². The van der Waals surface area contributed by atoms with Crippen LogP contribution in [0, 0.1) is 12.7 Å². The largest absolute Gasteiger partial charge is 0.355 e. The monoisotopic (exact) mass is 604 g/mol. The van der Waals surface area contributed by atoms with Crippen LogP contribution in [0.15, 0.2) is 65.4 Å². The first-order chi connectivity index (χ1) is 21.3. The van der Waals surface area contributed by atoms with Crippen LogP contribution in [0.3, 0.4) is 0 Å². The first-order valence-corrected chi connectivity index (χ1v) is 15.4. The molecule has 4 aromatic rings. The van der Waals surface area contributed by atoms with Crippen LogP contribution in [0.4, 0.5) is 10.2 Å². The van der Waals surface area contributed by atoms with E-state index in [0.29, 0.717) is 41.2 Å². The molecule has 0 N–H and O–H groups in total. The molecule has 4 heterocycles. The predicted octanol–water partition coefficient (Wildman–Crippen LogP) is 3.98. The lowest BCUT2D eigenvalue weighted by Gasteiger charge is -2.45. The molecule has 1 fully saturated rings. The fourth-order valence-electron chi connectivity index (χ4n) is 6.31. The van der Waals surface area contributed by atoms with Crippen LogP contribution in [-0.4, -0.2) is 71.2 Å². The Morgan fingerprint density at radius 3 is 2.40 bits per heavy atom. The number of benzene rings is 1. The van der Waals surface area contributed by atoms with Crippen LogP contribution in [0.25, 0.3) is 33.6 Å². The number of pyridine rings is 2. The summed E-state index contributed by atoms with van der Waals surface area (Å²) < 4.78 is 17.9.